The maximum atomic E-state index is 9.41. The fourth-order valence-electron chi connectivity index (χ4n) is 2.61. The van der Waals surface area contributed by atoms with Gasteiger partial charge in [0.05, 0.1) is 12.7 Å². The zero-order valence-corrected chi connectivity index (χ0v) is 12.7. The Hall–Kier alpha value is -2.12. The molecule has 1 aromatic carbocycles. The Morgan fingerprint density at radius 3 is 3.00 bits per heavy atom. The molecule has 0 radical (unpaired) electrons. The average molecular weight is 296 g/mol. The van der Waals surface area contributed by atoms with E-state index in [1.807, 2.05) is 24.3 Å². The minimum atomic E-state index is 0.772. The van der Waals surface area contributed by atoms with Crippen LogP contribution in [0, 0.1) is 11.3 Å². The van der Waals surface area contributed by atoms with E-state index in [1.54, 1.807) is 24.7 Å². The van der Waals surface area contributed by atoms with Gasteiger partial charge in [0.2, 0.25) is 0 Å². The highest BCUT2D eigenvalue weighted by atomic mass is 32.1. The summed E-state index contributed by atoms with van der Waals surface area (Å²) in [5, 5.41) is 10.2. The number of rotatable bonds is 3. The molecular weight excluding hydrogens is 280 g/mol. The van der Waals surface area contributed by atoms with Crippen molar-refractivity contribution >= 4 is 22.6 Å². The first-order valence-electron chi connectivity index (χ1n) is 7.04. The van der Waals surface area contributed by atoms with Crippen LogP contribution >= 0.6 is 11.3 Å². The molecule has 1 aliphatic rings. The number of hydrogen-bond acceptors (Lipinski definition) is 4. The van der Waals surface area contributed by atoms with Crippen molar-refractivity contribution < 1.29 is 4.74 Å². The highest BCUT2D eigenvalue weighted by Crippen LogP contribution is 2.39. The molecule has 0 atom stereocenters. The molecule has 0 saturated heterocycles. The molecule has 0 saturated carbocycles. The van der Waals surface area contributed by atoms with Crippen molar-refractivity contribution in [2.45, 2.75) is 25.7 Å². The zero-order valence-electron chi connectivity index (χ0n) is 11.9. The third-order valence-corrected chi connectivity index (χ3v) is 4.89. The Morgan fingerprint density at radius 1 is 1.33 bits per heavy atom. The Bertz CT molecular complexity index is 725. The van der Waals surface area contributed by atoms with E-state index in [-0.39, 0.29) is 0 Å². The van der Waals surface area contributed by atoms with Crippen molar-refractivity contribution in [1.82, 2.24) is 0 Å². The van der Waals surface area contributed by atoms with Gasteiger partial charge in [0, 0.05) is 11.1 Å². The SMILES string of the molecule is COc1cccc(/C=N/c2sc3c(c2C#N)CCCC3)c1. The van der Waals surface area contributed by atoms with Crippen molar-refractivity contribution in [3.8, 4) is 11.8 Å². The maximum Gasteiger partial charge on any atom is 0.134 e. The van der Waals surface area contributed by atoms with E-state index < -0.39 is 0 Å². The van der Waals surface area contributed by atoms with Gasteiger partial charge in [-0.25, -0.2) is 4.99 Å². The lowest BCUT2D eigenvalue weighted by molar-refractivity contribution is 0.415. The highest BCUT2D eigenvalue weighted by molar-refractivity contribution is 7.16. The summed E-state index contributed by atoms with van der Waals surface area (Å²) >= 11 is 1.66. The molecule has 4 heteroatoms. The lowest BCUT2D eigenvalue weighted by Gasteiger charge is -2.09. The summed E-state index contributed by atoms with van der Waals surface area (Å²) in [4.78, 5) is 5.89. The molecule has 106 valence electrons. The smallest absolute Gasteiger partial charge is 0.134 e. The second kappa shape index (κ2) is 6.11. The van der Waals surface area contributed by atoms with Gasteiger partial charge in [0.1, 0.15) is 16.8 Å². The molecule has 0 amide bonds. The summed E-state index contributed by atoms with van der Waals surface area (Å²) in [7, 11) is 1.65. The van der Waals surface area contributed by atoms with Gasteiger partial charge >= 0.3 is 0 Å². The Labute approximate surface area is 128 Å². The number of thiophene rings is 1. The van der Waals surface area contributed by atoms with Crippen molar-refractivity contribution in [1.29, 1.82) is 5.26 Å². The van der Waals surface area contributed by atoms with Gasteiger partial charge in [-0.1, -0.05) is 12.1 Å². The molecule has 3 rings (SSSR count). The highest BCUT2D eigenvalue weighted by Gasteiger charge is 2.19. The van der Waals surface area contributed by atoms with Crippen LogP contribution in [0.3, 0.4) is 0 Å². The number of methoxy groups -OCH3 is 1. The van der Waals surface area contributed by atoms with E-state index in [9.17, 15) is 5.26 Å². The van der Waals surface area contributed by atoms with Gasteiger partial charge in [0.15, 0.2) is 0 Å². The number of nitrogens with zero attached hydrogens (tertiary/aromatic N) is 2. The molecule has 0 N–H and O–H groups in total. The number of nitriles is 1. The summed E-state index contributed by atoms with van der Waals surface area (Å²) in [5.41, 5.74) is 2.98. The normalized spacial score (nSPS) is 13.9. The third kappa shape index (κ3) is 2.84. The first-order chi connectivity index (χ1) is 10.3. The quantitative estimate of drug-likeness (QED) is 0.794. The molecule has 0 fully saturated rings. The fraction of sp³-hybridized carbons (Fsp3) is 0.294. The van der Waals surface area contributed by atoms with Crippen LogP contribution in [0.2, 0.25) is 0 Å². The molecule has 0 spiro atoms. The Kier molecular flexibility index (Phi) is 4.03. The first kappa shape index (κ1) is 13.8. The van der Waals surface area contributed by atoms with Crippen molar-refractivity contribution in [2.75, 3.05) is 7.11 Å². The molecule has 1 heterocycles. The molecule has 21 heavy (non-hydrogen) atoms. The summed E-state index contributed by atoms with van der Waals surface area (Å²) in [6.07, 6.45) is 6.31. The van der Waals surface area contributed by atoms with Gasteiger partial charge in [0.25, 0.3) is 0 Å². The van der Waals surface area contributed by atoms with E-state index in [4.69, 9.17) is 4.74 Å². The van der Waals surface area contributed by atoms with Gasteiger partial charge in [-0.3, -0.25) is 0 Å². The third-order valence-electron chi connectivity index (χ3n) is 3.69. The summed E-state index contributed by atoms with van der Waals surface area (Å²) < 4.78 is 5.21. The summed E-state index contributed by atoms with van der Waals surface area (Å²) in [5.74, 6) is 0.810. The van der Waals surface area contributed by atoms with Crippen LogP contribution in [0.1, 0.15) is 34.4 Å². The van der Waals surface area contributed by atoms with Gasteiger partial charge < -0.3 is 4.74 Å². The van der Waals surface area contributed by atoms with E-state index in [0.717, 1.165) is 34.7 Å². The predicted molar refractivity (Wildman–Crippen MR) is 85.9 cm³/mol. The molecule has 2 aromatic rings. The van der Waals surface area contributed by atoms with Crippen molar-refractivity contribution in [3.63, 3.8) is 0 Å². The average Bonchev–Trinajstić information content (AvgIpc) is 2.90. The van der Waals surface area contributed by atoms with Gasteiger partial charge in [-0.2, -0.15) is 5.26 Å². The number of fused-ring (bicyclic) bond motifs is 1. The Balaban J connectivity index is 1.92. The number of hydrogen-bond donors (Lipinski definition) is 0. The standard InChI is InChI=1S/C17H16N2OS/c1-20-13-6-4-5-12(9-13)11-19-17-15(10-18)14-7-2-3-8-16(14)21-17/h4-6,9,11H,2-3,7-8H2,1H3/b19-11+. The fourth-order valence-corrected chi connectivity index (χ4v) is 3.80. The molecule has 0 unspecified atom stereocenters. The second-order valence-corrected chi connectivity index (χ2v) is 6.12. The monoisotopic (exact) mass is 296 g/mol. The van der Waals surface area contributed by atoms with Crippen LogP contribution in [-0.2, 0) is 12.8 Å². The minimum Gasteiger partial charge on any atom is -0.497 e. The topological polar surface area (TPSA) is 45.4 Å². The van der Waals surface area contributed by atoms with Crippen LogP contribution in [0.15, 0.2) is 29.3 Å². The molecular formula is C17H16N2OS. The number of ether oxygens (including phenoxy) is 1. The summed E-state index contributed by atoms with van der Waals surface area (Å²) in [6.45, 7) is 0. The number of aryl methyl sites for hydroxylation is 1. The van der Waals surface area contributed by atoms with Crippen LogP contribution in [0.4, 0.5) is 5.00 Å². The van der Waals surface area contributed by atoms with Crippen molar-refractivity contribution in [3.05, 3.63) is 45.8 Å². The molecule has 3 nitrogen and oxygen atoms in total. The summed E-state index contributed by atoms with van der Waals surface area (Å²) in [6, 6.07) is 10.1. The number of benzene rings is 1. The van der Waals surface area contributed by atoms with Crippen LogP contribution in [0.25, 0.3) is 0 Å². The van der Waals surface area contributed by atoms with E-state index in [2.05, 4.69) is 11.1 Å². The number of aliphatic imine (C=N–C) groups is 1. The van der Waals surface area contributed by atoms with E-state index in [0.29, 0.717) is 0 Å². The van der Waals surface area contributed by atoms with E-state index >= 15 is 0 Å². The zero-order chi connectivity index (χ0) is 14.7. The lowest BCUT2D eigenvalue weighted by atomic mass is 9.96. The molecule has 1 aliphatic carbocycles. The second-order valence-electron chi connectivity index (χ2n) is 5.04. The molecule has 0 aliphatic heterocycles. The lowest BCUT2D eigenvalue weighted by Crippen LogP contribution is -1.99. The van der Waals surface area contributed by atoms with Crippen LogP contribution in [0.5, 0.6) is 5.75 Å². The van der Waals surface area contributed by atoms with Gasteiger partial charge in [-0.05, 0) is 48.9 Å². The first-order valence-corrected chi connectivity index (χ1v) is 7.86. The molecule has 0 bridgehead atoms. The largest absolute Gasteiger partial charge is 0.497 e. The minimum absolute atomic E-state index is 0.772. The van der Waals surface area contributed by atoms with Crippen LogP contribution < -0.4 is 4.74 Å². The van der Waals surface area contributed by atoms with Crippen LogP contribution in [-0.4, -0.2) is 13.3 Å². The maximum absolute atomic E-state index is 9.41. The predicted octanol–water partition coefficient (Wildman–Crippen LogP) is 4.26. The van der Waals surface area contributed by atoms with Crippen molar-refractivity contribution in [2.24, 2.45) is 4.99 Å². The molecule has 1 aromatic heterocycles. The van der Waals surface area contributed by atoms with Gasteiger partial charge in [-0.15, -0.1) is 11.3 Å². The van der Waals surface area contributed by atoms with E-state index in [1.165, 1.54) is 23.3 Å². The Morgan fingerprint density at radius 2 is 2.19 bits per heavy atom.